The maximum Gasteiger partial charge on any atom is 0.279 e. The fourth-order valence-corrected chi connectivity index (χ4v) is 2.57. The van der Waals surface area contributed by atoms with E-state index in [9.17, 15) is 9.59 Å². The molecule has 0 fully saturated rings. The Labute approximate surface area is 149 Å². The van der Waals surface area contributed by atoms with Gasteiger partial charge in [0.2, 0.25) is 0 Å². The van der Waals surface area contributed by atoms with Crippen molar-refractivity contribution in [3.8, 4) is 5.75 Å². The largest absolute Gasteiger partial charge is 0.481 e. The highest BCUT2D eigenvalue weighted by Crippen LogP contribution is 2.18. The zero-order chi connectivity index (χ0) is 17.7. The number of halogens is 1. The maximum absolute atomic E-state index is 12.1. The van der Waals surface area contributed by atoms with Crippen molar-refractivity contribution in [1.82, 2.24) is 10.9 Å². The van der Waals surface area contributed by atoms with E-state index >= 15 is 0 Å². The molecule has 0 saturated heterocycles. The molecule has 0 heterocycles. The first kappa shape index (κ1) is 18.0. The Morgan fingerprint density at radius 2 is 1.71 bits per heavy atom. The molecule has 6 heteroatoms. The zero-order valence-corrected chi connectivity index (χ0v) is 15.3. The van der Waals surface area contributed by atoms with Crippen LogP contribution in [0.25, 0.3) is 0 Å². The van der Waals surface area contributed by atoms with Crippen LogP contribution in [-0.4, -0.2) is 17.9 Å². The van der Waals surface area contributed by atoms with Crippen molar-refractivity contribution in [2.45, 2.75) is 26.9 Å². The average Bonchev–Trinajstić information content (AvgIpc) is 2.51. The van der Waals surface area contributed by atoms with Gasteiger partial charge in [-0.2, -0.15) is 0 Å². The van der Waals surface area contributed by atoms with Gasteiger partial charge in [-0.15, -0.1) is 0 Å². The average molecular weight is 391 g/mol. The Hall–Kier alpha value is -2.34. The minimum Gasteiger partial charge on any atom is -0.481 e. The van der Waals surface area contributed by atoms with Gasteiger partial charge in [0.1, 0.15) is 5.75 Å². The number of hydrogen-bond acceptors (Lipinski definition) is 3. The third-order valence-corrected chi connectivity index (χ3v) is 3.75. The van der Waals surface area contributed by atoms with Crippen LogP contribution in [0, 0.1) is 13.8 Å². The quantitative estimate of drug-likeness (QED) is 0.786. The standard InChI is InChI=1S/C18H19BrN2O3/c1-11-7-12(2)9-14(8-11)18(23)21-20-17(22)13(3)24-16-6-4-5-15(19)10-16/h4-10,13H,1-3H3,(H,20,22)(H,21,23). The minimum atomic E-state index is -0.751. The van der Waals surface area contributed by atoms with Gasteiger partial charge >= 0.3 is 0 Å². The lowest BCUT2D eigenvalue weighted by Gasteiger charge is -2.15. The van der Waals surface area contributed by atoms with Crippen molar-refractivity contribution in [3.63, 3.8) is 0 Å². The van der Waals surface area contributed by atoms with Crippen molar-refractivity contribution in [2.24, 2.45) is 0 Å². The molecule has 2 amide bonds. The summed E-state index contributed by atoms with van der Waals surface area (Å²) in [4.78, 5) is 24.1. The van der Waals surface area contributed by atoms with Crippen LogP contribution in [-0.2, 0) is 4.79 Å². The first-order valence-corrected chi connectivity index (χ1v) is 8.25. The van der Waals surface area contributed by atoms with Crippen LogP contribution in [0.2, 0.25) is 0 Å². The van der Waals surface area contributed by atoms with Gasteiger partial charge < -0.3 is 4.74 Å². The highest BCUT2D eigenvalue weighted by Gasteiger charge is 2.16. The van der Waals surface area contributed by atoms with Gasteiger partial charge in [0, 0.05) is 10.0 Å². The topological polar surface area (TPSA) is 67.4 Å². The second-order valence-electron chi connectivity index (χ2n) is 5.54. The minimum absolute atomic E-state index is 0.371. The highest BCUT2D eigenvalue weighted by atomic mass is 79.9. The molecule has 0 radical (unpaired) electrons. The lowest BCUT2D eigenvalue weighted by Crippen LogP contribution is -2.47. The number of hydrazine groups is 1. The van der Waals surface area contributed by atoms with Gasteiger partial charge in [0.15, 0.2) is 6.10 Å². The third kappa shape index (κ3) is 5.09. The van der Waals surface area contributed by atoms with Crippen LogP contribution in [0.15, 0.2) is 46.9 Å². The third-order valence-electron chi connectivity index (χ3n) is 3.26. The normalized spacial score (nSPS) is 11.5. The molecular formula is C18H19BrN2O3. The number of nitrogens with one attached hydrogen (secondary N) is 2. The number of amides is 2. The summed E-state index contributed by atoms with van der Waals surface area (Å²) in [6.07, 6.45) is -0.751. The summed E-state index contributed by atoms with van der Waals surface area (Å²) >= 11 is 3.34. The van der Waals surface area contributed by atoms with Crippen molar-refractivity contribution < 1.29 is 14.3 Å². The zero-order valence-electron chi connectivity index (χ0n) is 13.7. The summed E-state index contributed by atoms with van der Waals surface area (Å²) in [6.45, 7) is 5.44. The Balaban J connectivity index is 1.91. The molecule has 2 aromatic carbocycles. The van der Waals surface area contributed by atoms with E-state index in [4.69, 9.17) is 4.74 Å². The molecule has 5 nitrogen and oxygen atoms in total. The molecule has 0 aliphatic carbocycles. The van der Waals surface area contributed by atoms with Crippen LogP contribution in [0.4, 0.5) is 0 Å². The van der Waals surface area contributed by atoms with E-state index in [1.807, 2.05) is 32.0 Å². The lowest BCUT2D eigenvalue weighted by atomic mass is 10.1. The van der Waals surface area contributed by atoms with Crippen LogP contribution >= 0.6 is 15.9 Å². The van der Waals surface area contributed by atoms with E-state index in [0.29, 0.717) is 11.3 Å². The van der Waals surface area contributed by atoms with Gasteiger partial charge in [-0.3, -0.25) is 20.4 Å². The molecule has 0 spiro atoms. The van der Waals surface area contributed by atoms with Gasteiger partial charge in [0.05, 0.1) is 0 Å². The molecule has 0 aliphatic rings. The summed E-state index contributed by atoms with van der Waals surface area (Å²) in [5.74, 6) is -0.245. The summed E-state index contributed by atoms with van der Waals surface area (Å²) in [7, 11) is 0. The SMILES string of the molecule is Cc1cc(C)cc(C(=O)NNC(=O)C(C)Oc2cccc(Br)c2)c1. The van der Waals surface area contributed by atoms with E-state index < -0.39 is 12.0 Å². The van der Waals surface area contributed by atoms with Crippen molar-refractivity contribution in [3.05, 3.63) is 63.6 Å². The monoisotopic (exact) mass is 390 g/mol. The number of aryl methyl sites for hydroxylation is 2. The molecule has 24 heavy (non-hydrogen) atoms. The van der Waals surface area contributed by atoms with E-state index in [1.165, 1.54) is 0 Å². The molecule has 0 aliphatic heterocycles. The summed E-state index contributed by atoms with van der Waals surface area (Å²) in [5, 5.41) is 0. The van der Waals surface area contributed by atoms with E-state index in [2.05, 4.69) is 26.8 Å². The second kappa shape index (κ2) is 7.97. The molecule has 0 bridgehead atoms. The number of carbonyl (C=O) groups is 2. The number of benzene rings is 2. The molecule has 0 saturated carbocycles. The molecule has 0 aromatic heterocycles. The van der Waals surface area contributed by atoms with E-state index in [0.717, 1.165) is 15.6 Å². The van der Waals surface area contributed by atoms with E-state index in [1.54, 1.807) is 31.2 Å². The van der Waals surface area contributed by atoms with Crippen LogP contribution in [0.5, 0.6) is 5.75 Å². The molecular weight excluding hydrogens is 372 g/mol. The predicted octanol–water partition coefficient (Wildman–Crippen LogP) is 3.29. The van der Waals surface area contributed by atoms with Gasteiger partial charge in [-0.1, -0.05) is 39.2 Å². The number of hydrogen-bond donors (Lipinski definition) is 2. The molecule has 2 rings (SSSR count). The van der Waals surface area contributed by atoms with Crippen LogP contribution < -0.4 is 15.6 Å². The Morgan fingerprint density at radius 1 is 1.04 bits per heavy atom. The fraction of sp³-hybridized carbons (Fsp3) is 0.222. The van der Waals surface area contributed by atoms with Crippen molar-refractivity contribution in [2.75, 3.05) is 0 Å². The molecule has 1 unspecified atom stereocenters. The number of carbonyl (C=O) groups excluding carboxylic acids is 2. The molecule has 1 atom stereocenters. The number of rotatable bonds is 4. The highest BCUT2D eigenvalue weighted by molar-refractivity contribution is 9.10. The first-order valence-electron chi connectivity index (χ1n) is 7.46. The van der Waals surface area contributed by atoms with Gasteiger partial charge in [-0.25, -0.2) is 0 Å². The fourth-order valence-electron chi connectivity index (χ4n) is 2.20. The van der Waals surface area contributed by atoms with Crippen molar-refractivity contribution in [1.29, 1.82) is 0 Å². The van der Waals surface area contributed by atoms with Crippen LogP contribution in [0.1, 0.15) is 28.4 Å². The first-order chi connectivity index (χ1) is 11.3. The smallest absolute Gasteiger partial charge is 0.279 e. The van der Waals surface area contributed by atoms with Crippen LogP contribution in [0.3, 0.4) is 0 Å². The summed E-state index contributed by atoms with van der Waals surface area (Å²) in [6, 6.07) is 12.7. The number of ether oxygens (including phenoxy) is 1. The van der Waals surface area contributed by atoms with Crippen molar-refractivity contribution >= 4 is 27.7 Å². The Bertz CT molecular complexity index is 741. The summed E-state index contributed by atoms with van der Waals surface area (Å²) in [5.41, 5.74) is 7.24. The summed E-state index contributed by atoms with van der Waals surface area (Å²) < 4.78 is 6.40. The maximum atomic E-state index is 12.1. The predicted molar refractivity (Wildman–Crippen MR) is 95.8 cm³/mol. The van der Waals surface area contributed by atoms with Gasteiger partial charge in [-0.05, 0) is 51.1 Å². The molecule has 126 valence electrons. The van der Waals surface area contributed by atoms with Gasteiger partial charge in [0.25, 0.3) is 11.8 Å². The molecule has 2 aromatic rings. The lowest BCUT2D eigenvalue weighted by molar-refractivity contribution is -0.128. The Kier molecular flexibility index (Phi) is 5.98. The second-order valence-corrected chi connectivity index (χ2v) is 6.45. The molecule has 2 N–H and O–H groups in total. The Morgan fingerprint density at radius 3 is 2.33 bits per heavy atom. The van der Waals surface area contributed by atoms with E-state index in [-0.39, 0.29) is 5.91 Å².